The number of hydrogen-bond acceptors (Lipinski definition) is 6. The molecule has 3 aromatic rings. The Morgan fingerprint density at radius 1 is 1.03 bits per heavy atom. The number of benzene rings is 3. The highest BCUT2D eigenvalue weighted by molar-refractivity contribution is 6.00. The van der Waals surface area contributed by atoms with Crippen LogP contribution in [-0.2, 0) is 22.5 Å². The fraction of sp³-hybridized carbons (Fsp3) is 0.259. The number of ether oxygens (including phenoxy) is 3. The van der Waals surface area contributed by atoms with E-state index in [-0.39, 0.29) is 5.91 Å². The normalized spacial score (nSPS) is 14.8. The largest absolute Gasteiger partial charge is 0.493 e. The van der Waals surface area contributed by atoms with Crippen LogP contribution in [0.25, 0.3) is 0 Å². The number of rotatable bonds is 9. The van der Waals surface area contributed by atoms with E-state index in [9.17, 15) is 9.59 Å². The molecule has 0 radical (unpaired) electrons. The maximum absolute atomic E-state index is 13.4. The van der Waals surface area contributed by atoms with Crippen molar-refractivity contribution in [2.24, 2.45) is 5.73 Å². The second-order valence-electron chi connectivity index (χ2n) is 8.01. The first-order chi connectivity index (χ1) is 16.6. The van der Waals surface area contributed by atoms with Gasteiger partial charge in [0.25, 0.3) is 5.91 Å². The lowest BCUT2D eigenvalue weighted by atomic mass is 10.1. The van der Waals surface area contributed by atoms with E-state index in [4.69, 9.17) is 19.9 Å². The summed E-state index contributed by atoms with van der Waals surface area (Å²) < 4.78 is 16.7. The van der Waals surface area contributed by atoms with Gasteiger partial charge >= 0.3 is 5.97 Å². The van der Waals surface area contributed by atoms with Crippen molar-refractivity contribution in [3.63, 3.8) is 0 Å². The first kappa shape index (κ1) is 23.3. The van der Waals surface area contributed by atoms with Gasteiger partial charge in [-0.2, -0.15) is 0 Å². The Balaban J connectivity index is 1.46. The lowest BCUT2D eigenvalue weighted by Crippen LogP contribution is -2.46. The molecule has 0 fully saturated rings. The minimum Gasteiger partial charge on any atom is -0.493 e. The summed E-state index contributed by atoms with van der Waals surface area (Å²) >= 11 is 0. The molecule has 4 rings (SSSR count). The molecular formula is C27H28N2O5. The van der Waals surface area contributed by atoms with Crippen molar-refractivity contribution in [3.05, 3.63) is 89.5 Å². The molecular weight excluding hydrogens is 432 g/mol. The molecule has 0 saturated carbocycles. The van der Waals surface area contributed by atoms with Crippen molar-refractivity contribution >= 4 is 17.6 Å². The Morgan fingerprint density at radius 2 is 1.82 bits per heavy atom. The minimum atomic E-state index is -0.671. The molecule has 1 aliphatic rings. The lowest BCUT2D eigenvalue weighted by molar-refractivity contribution is -0.127. The van der Waals surface area contributed by atoms with E-state index in [1.807, 2.05) is 54.6 Å². The molecule has 7 heteroatoms. The van der Waals surface area contributed by atoms with Crippen LogP contribution >= 0.6 is 0 Å². The van der Waals surface area contributed by atoms with E-state index in [1.54, 1.807) is 23.1 Å². The molecule has 1 unspecified atom stereocenters. The molecule has 176 valence electrons. The van der Waals surface area contributed by atoms with Crippen LogP contribution < -0.4 is 20.1 Å². The van der Waals surface area contributed by atoms with Crippen LogP contribution in [0.1, 0.15) is 27.9 Å². The standard InChI is InChI=1S/C27H28N2O5/c1-32-27(31)21-6-4-5-20(17-21)18-29-23-7-2-3-8-24(23)34-25(26(29)30)14-16-33-22-11-9-19(10-12-22)13-15-28/h2-12,17,25H,13-16,18,28H2,1H3. The zero-order chi connectivity index (χ0) is 23.9. The summed E-state index contributed by atoms with van der Waals surface area (Å²) in [4.78, 5) is 27.0. The quantitative estimate of drug-likeness (QED) is 0.489. The van der Waals surface area contributed by atoms with Gasteiger partial charge in [-0.05, 0) is 60.5 Å². The van der Waals surface area contributed by atoms with Crippen LogP contribution in [0.5, 0.6) is 11.5 Å². The molecule has 2 N–H and O–H groups in total. The van der Waals surface area contributed by atoms with E-state index >= 15 is 0 Å². The van der Waals surface area contributed by atoms with Gasteiger partial charge in [0.2, 0.25) is 0 Å². The average Bonchev–Trinajstić information content (AvgIpc) is 2.87. The Hall–Kier alpha value is -3.84. The topological polar surface area (TPSA) is 91.1 Å². The van der Waals surface area contributed by atoms with Crippen molar-refractivity contribution in [3.8, 4) is 11.5 Å². The molecule has 0 aliphatic carbocycles. The third-order valence-electron chi connectivity index (χ3n) is 5.66. The predicted molar refractivity (Wildman–Crippen MR) is 129 cm³/mol. The van der Waals surface area contributed by atoms with Crippen LogP contribution in [0.2, 0.25) is 0 Å². The molecule has 1 amide bonds. The maximum atomic E-state index is 13.4. The Morgan fingerprint density at radius 3 is 2.59 bits per heavy atom. The van der Waals surface area contributed by atoms with Gasteiger partial charge in [0.05, 0.1) is 31.5 Å². The van der Waals surface area contributed by atoms with E-state index in [0.29, 0.717) is 43.1 Å². The molecule has 0 saturated heterocycles. The van der Waals surface area contributed by atoms with Gasteiger partial charge in [-0.15, -0.1) is 0 Å². The molecule has 1 aliphatic heterocycles. The van der Waals surface area contributed by atoms with Gasteiger partial charge in [0.15, 0.2) is 6.10 Å². The monoisotopic (exact) mass is 460 g/mol. The summed E-state index contributed by atoms with van der Waals surface area (Å²) in [5, 5.41) is 0. The van der Waals surface area contributed by atoms with Crippen LogP contribution in [0.4, 0.5) is 5.69 Å². The van der Waals surface area contributed by atoms with Gasteiger partial charge in [0.1, 0.15) is 11.5 Å². The number of para-hydroxylation sites is 2. The summed E-state index contributed by atoms with van der Waals surface area (Å²) in [5.41, 5.74) is 8.71. The fourth-order valence-corrected chi connectivity index (χ4v) is 3.92. The van der Waals surface area contributed by atoms with Gasteiger partial charge in [0, 0.05) is 6.42 Å². The van der Waals surface area contributed by atoms with Crippen molar-refractivity contribution in [2.45, 2.75) is 25.5 Å². The lowest BCUT2D eigenvalue weighted by Gasteiger charge is -2.34. The van der Waals surface area contributed by atoms with Crippen molar-refractivity contribution < 1.29 is 23.8 Å². The first-order valence-electron chi connectivity index (χ1n) is 11.2. The maximum Gasteiger partial charge on any atom is 0.337 e. The van der Waals surface area contributed by atoms with E-state index in [2.05, 4.69) is 0 Å². The zero-order valence-corrected chi connectivity index (χ0v) is 19.1. The van der Waals surface area contributed by atoms with Crippen LogP contribution in [0, 0.1) is 0 Å². The third-order valence-corrected chi connectivity index (χ3v) is 5.66. The van der Waals surface area contributed by atoms with Crippen LogP contribution in [-0.4, -0.2) is 38.2 Å². The van der Waals surface area contributed by atoms with E-state index in [1.165, 1.54) is 7.11 Å². The van der Waals surface area contributed by atoms with Crippen molar-refractivity contribution in [1.82, 2.24) is 0 Å². The number of esters is 1. The number of fused-ring (bicyclic) bond motifs is 1. The Kier molecular flexibility index (Phi) is 7.44. The number of carbonyl (C=O) groups excluding carboxylic acids is 2. The summed E-state index contributed by atoms with van der Waals surface area (Å²) in [6.07, 6.45) is 0.550. The smallest absolute Gasteiger partial charge is 0.337 e. The number of amides is 1. The fourth-order valence-electron chi connectivity index (χ4n) is 3.92. The summed E-state index contributed by atoms with van der Waals surface area (Å²) in [5.74, 6) is 0.814. The number of nitrogens with zero attached hydrogens (tertiary/aromatic N) is 1. The third kappa shape index (κ3) is 5.38. The average molecular weight is 461 g/mol. The number of methoxy groups -OCH3 is 1. The van der Waals surface area contributed by atoms with Gasteiger partial charge in [-0.25, -0.2) is 4.79 Å². The number of anilines is 1. The second-order valence-corrected chi connectivity index (χ2v) is 8.01. The summed E-state index contributed by atoms with van der Waals surface area (Å²) in [7, 11) is 1.35. The van der Waals surface area contributed by atoms with E-state index < -0.39 is 12.1 Å². The molecule has 0 spiro atoms. The molecule has 0 aromatic heterocycles. The van der Waals surface area contributed by atoms with Crippen molar-refractivity contribution in [2.75, 3.05) is 25.2 Å². The van der Waals surface area contributed by atoms with E-state index in [0.717, 1.165) is 23.3 Å². The highest BCUT2D eigenvalue weighted by Gasteiger charge is 2.34. The van der Waals surface area contributed by atoms with Crippen LogP contribution in [0.3, 0.4) is 0 Å². The first-order valence-corrected chi connectivity index (χ1v) is 11.2. The summed E-state index contributed by atoms with van der Waals surface area (Å²) in [6.45, 7) is 1.25. The molecule has 1 heterocycles. The molecule has 0 bridgehead atoms. The summed E-state index contributed by atoms with van der Waals surface area (Å²) in [6, 6.07) is 22.3. The van der Waals surface area contributed by atoms with Crippen LogP contribution in [0.15, 0.2) is 72.8 Å². The van der Waals surface area contributed by atoms with Gasteiger partial charge in [-0.3, -0.25) is 4.79 Å². The number of hydrogen-bond donors (Lipinski definition) is 1. The highest BCUT2D eigenvalue weighted by Crippen LogP contribution is 2.35. The SMILES string of the molecule is COC(=O)c1cccc(CN2C(=O)C(CCOc3ccc(CCN)cc3)Oc3ccccc32)c1. The minimum absolute atomic E-state index is 0.149. The van der Waals surface area contributed by atoms with Gasteiger partial charge < -0.3 is 24.8 Å². The number of nitrogens with two attached hydrogens (primary N) is 1. The molecule has 7 nitrogen and oxygen atoms in total. The molecule has 34 heavy (non-hydrogen) atoms. The number of carbonyl (C=O) groups is 2. The van der Waals surface area contributed by atoms with Gasteiger partial charge in [-0.1, -0.05) is 36.4 Å². The Labute approximate surface area is 199 Å². The Bertz CT molecular complexity index is 1150. The molecule has 3 aromatic carbocycles. The van der Waals surface area contributed by atoms with Crippen molar-refractivity contribution in [1.29, 1.82) is 0 Å². The zero-order valence-electron chi connectivity index (χ0n) is 19.1. The predicted octanol–water partition coefficient (Wildman–Crippen LogP) is 3.74. The second kappa shape index (κ2) is 10.9. The highest BCUT2D eigenvalue weighted by atomic mass is 16.5. The molecule has 1 atom stereocenters.